The maximum atomic E-state index is 14.0. The van der Waals surface area contributed by atoms with Crippen molar-refractivity contribution in [2.75, 3.05) is 12.0 Å². The second kappa shape index (κ2) is 6.74. The Labute approximate surface area is 197 Å². The van der Waals surface area contributed by atoms with Crippen LogP contribution in [0.1, 0.15) is 28.2 Å². The number of methoxy groups -OCH3 is 1. The molecule has 3 aromatic rings. The average molecular weight is 505 g/mol. The summed E-state index contributed by atoms with van der Waals surface area (Å²) >= 11 is 3.94. The Balaban J connectivity index is 1.59. The average Bonchev–Trinajstić information content (AvgIpc) is 3.10. The molecule has 0 saturated carbocycles. The summed E-state index contributed by atoms with van der Waals surface area (Å²) in [6.45, 7) is 0. The van der Waals surface area contributed by atoms with Gasteiger partial charge in [0.15, 0.2) is 0 Å². The highest BCUT2D eigenvalue weighted by Crippen LogP contribution is 2.66. The van der Waals surface area contributed by atoms with Gasteiger partial charge in [-0.3, -0.25) is 19.7 Å². The number of nitro benzene ring substituents is 1. The first kappa shape index (κ1) is 20.1. The molecule has 0 radical (unpaired) electrons. The lowest BCUT2D eigenvalue weighted by Crippen LogP contribution is -2.50. The SMILES string of the molecule is COc1ccc([N+](=O)[O-])cc1N1C(=O)[C@H]2C3c4ccccc4C(Br)(c4ccccc43)[C@H]2C1=O. The summed E-state index contributed by atoms with van der Waals surface area (Å²) in [6.07, 6.45) is 0. The van der Waals surface area contributed by atoms with E-state index in [1.807, 2.05) is 48.5 Å². The van der Waals surface area contributed by atoms with Gasteiger partial charge < -0.3 is 4.74 Å². The summed E-state index contributed by atoms with van der Waals surface area (Å²) in [5.41, 5.74) is 3.86. The van der Waals surface area contributed by atoms with E-state index in [1.54, 1.807) is 0 Å². The molecule has 7 rings (SSSR count). The van der Waals surface area contributed by atoms with Crippen LogP contribution in [-0.2, 0) is 13.9 Å². The van der Waals surface area contributed by atoms with E-state index in [0.717, 1.165) is 27.2 Å². The van der Waals surface area contributed by atoms with Crippen molar-refractivity contribution in [1.82, 2.24) is 0 Å². The zero-order chi connectivity index (χ0) is 23.1. The molecule has 3 aromatic carbocycles. The molecule has 0 unspecified atom stereocenters. The molecule has 4 aliphatic rings. The number of hydrogen-bond acceptors (Lipinski definition) is 5. The van der Waals surface area contributed by atoms with Crippen LogP contribution in [-0.4, -0.2) is 23.8 Å². The van der Waals surface area contributed by atoms with E-state index in [0.29, 0.717) is 0 Å². The van der Waals surface area contributed by atoms with E-state index in [2.05, 4.69) is 15.9 Å². The molecular formula is C25H17BrN2O5. The third kappa shape index (κ3) is 2.39. The third-order valence-corrected chi connectivity index (χ3v) is 8.48. The molecule has 33 heavy (non-hydrogen) atoms. The third-order valence-electron chi connectivity index (χ3n) is 7.13. The summed E-state index contributed by atoms with van der Waals surface area (Å²) in [7, 11) is 1.41. The molecule has 0 N–H and O–H groups in total. The number of halogens is 1. The number of imide groups is 1. The number of ether oxygens (including phenoxy) is 1. The second-order valence-electron chi connectivity index (χ2n) is 8.49. The number of rotatable bonds is 3. The second-order valence-corrected chi connectivity index (χ2v) is 9.74. The van der Waals surface area contributed by atoms with Crippen LogP contribution < -0.4 is 9.64 Å². The Morgan fingerprint density at radius 3 is 2.15 bits per heavy atom. The van der Waals surface area contributed by atoms with Crippen molar-refractivity contribution in [1.29, 1.82) is 0 Å². The first-order chi connectivity index (χ1) is 15.9. The molecule has 2 amide bonds. The van der Waals surface area contributed by atoms with Gasteiger partial charge in [0.2, 0.25) is 11.8 Å². The number of carbonyl (C=O) groups excluding carboxylic acids is 2. The molecule has 2 atom stereocenters. The Morgan fingerprint density at radius 2 is 1.58 bits per heavy atom. The Bertz CT molecular complexity index is 1340. The number of carbonyl (C=O) groups is 2. The zero-order valence-electron chi connectivity index (χ0n) is 17.4. The maximum absolute atomic E-state index is 14.0. The number of nitro groups is 1. The van der Waals surface area contributed by atoms with E-state index in [4.69, 9.17) is 4.74 Å². The highest BCUT2D eigenvalue weighted by atomic mass is 79.9. The first-order valence-electron chi connectivity index (χ1n) is 10.5. The minimum atomic E-state index is -0.880. The van der Waals surface area contributed by atoms with E-state index < -0.39 is 27.0 Å². The predicted octanol–water partition coefficient (Wildman–Crippen LogP) is 4.51. The molecule has 1 heterocycles. The van der Waals surface area contributed by atoms with Gasteiger partial charge in [-0.05, 0) is 28.3 Å². The maximum Gasteiger partial charge on any atom is 0.271 e. The van der Waals surface area contributed by atoms with Gasteiger partial charge in [0.05, 0.1) is 28.2 Å². The van der Waals surface area contributed by atoms with Crippen LogP contribution in [0.2, 0.25) is 0 Å². The van der Waals surface area contributed by atoms with Crippen molar-refractivity contribution < 1.29 is 19.2 Å². The van der Waals surface area contributed by atoms with Crippen molar-refractivity contribution in [3.63, 3.8) is 0 Å². The van der Waals surface area contributed by atoms with Gasteiger partial charge in [0, 0.05) is 18.1 Å². The number of non-ortho nitro benzene ring substituents is 1. The van der Waals surface area contributed by atoms with E-state index in [-0.39, 0.29) is 28.9 Å². The van der Waals surface area contributed by atoms with Crippen LogP contribution in [0.15, 0.2) is 66.7 Å². The zero-order valence-corrected chi connectivity index (χ0v) is 19.0. The Kier molecular flexibility index (Phi) is 4.11. The van der Waals surface area contributed by atoms with Crippen molar-refractivity contribution >= 4 is 39.1 Å². The first-order valence-corrected chi connectivity index (χ1v) is 11.3. The number of hydrogen-bond donors (Lipinski definition) is 0. The quantitative estimate of drug-likeness (QED) is 0.226. The van der Waals surface area contributed by atoms with Crippen LogP contribution in [0.4, 0.5) is 11.4 Å². The van der Waals surface area contributed by atoms with Gasteiger partial charge >= 0.3 is 0 Å². The summed E-state index contributed by atoms with van der Waals surface area (Å²) in [5.74, 6) is -2.15. The number of alkyl halides is 1. The molecule has 1 aliphatic heterocycles. The fraction of sp³-hybridized carbons (Fsp3) is 0.200. The molecule has 0 aromatic heterocycles. The van der Waals surface area contributed by atoms with Gasteiger partial charge in [-0.25, -0.2) is 4.90 Å². The van der Waals surface area contributed by atoms with Crippen LogP contribution in [0.25, 0.3) is 0 Å². The Morgan fingerprint density at radius 1 is 0.970 bits per heavy atom. The van der Waals surface area contributed by atoms with Crippen molar-refractivity contribution in [2.24, 2.45) is 11.8 Å². The van der Waals surface area contributed by atoms with Gasteiger partial charge in [-0.15, -0.1) is 0 Å². The number of anilines is 1. The normalized spacial score (nSPS) is 26.6. The fourth-order valence-corrected chi connectivity index (χ4v) is 7.09. The smallest absolute Gasteiger partial charge is 0.271 e. The molecule has 8 heteroatoms. The molecule has 0 spiro atoms. The highest BCUT2D eigenvalue weighted by molar-refractivity contribution is 9.09. The van der Waals surface area contributed by atoms with Crippen LogP contribution in [0.5, 0.6) is 5.75 Å². The minimum Gasteiger partial charge on any atom is -0.495 e. The highest BCUT2D eigenvalue weighted by Gasteiger charge is 2.67. The lowest BCUT2D eigenvalue weighted by atomic mass is 9.55. The summed E-state index contributed by atoms with van der Waals surface area (Å²) in [6, 6.07) is 19.7. The van der Waals surface area contributed by atoms with Gasteiger partial charge in [-0.1, -0.05) is 64.5 Å². The molecule has 7 nitrogen and oxygen atoms in total. The molecule has 164 valence electrons. The summed E-state index contributed by atoms with van der Waals surface area (Å²) in [4.78, 5) is 39.8. The molecule has 2 bridgehead atoms. The fourth-order valence-electron chi connectivity index (χ4n) is 5.88. The van der Waals surface area contributed by atoms with Crippen LogP contribution >= 0.6 is 15.9 Å². The number of nitrogens with zero attached hydrogens (tertiary/aromatic N) is 2. The van der Waals surface area contributed by atoms with E-state index >= 15 is 0 Å². The standard InChI is InChI=1S/C25H17BrN2O5/c1-33-19-11-10-13(28(31)32)12-18(19)27-23(29)21-20-14-6-2-4-8-16(14)25(26,22(21)24(27)30)17-9-5-3-7-15(17)20/h2-12,20-22H,1H3/t20?,21-,22+,25?/m0/s1. The lowest BCUT2D eigenvalue weighted by Gasteiger charge is -2.51. The van der Waals surface area contributed by atoms with Crippen molar-refractivity contribution in [2.45, 2.75) is 10.2 Å². The monoisotopic (exact) mass is 504 g/mol. The summed E-state index contributed by atoms with van der Waals surface area (Å²) in [5, 5.41) is 11.4. The van der Waals surface area contributed by atoms with Gasteiger partial charge in [-0.2, -0.15) is 0 Å². The van der Waals surface area contributed by atoms with Crippen LogP contribution in [0, 0.1) is 22.0 Å². The van der Waals surface area contributed by atoms with Crippen molar-refractivity contribution in [3.05, 3.63) is 99.1 Å². The van der Waals surface area contributed by atoms with E-state index in [1.165, 1.54) is 25.3 Å². The van der Waals surface area contributed by atoms with Crippen molar-refractivity contribution in [3.8, 4) is 5.75 Å². The molecule has 3 aliphatic carbocycles. The van der Waals surface area contributed by atoms with Gasteiger partial charge in [0.25, 0.3) is 5.69 Å². The molecule has 1 saturated heterocycles. The number of amides is 2. The largest absolute Gasteiger partial charge is 0.495 e. The topological polar surface area (TPSA) is 89.8 Å². The van der Waals surface area contributed by atoms with Crippen LogP contribution in [0.3, 0.4) is 0 Å². The minimum absolute atomic E-state index is 0.0970. The lowest BCUT2D eigenvalue weighted by molar-refractivity contribution is -0.384. The molecule has 1 fully saturated rings. The predicted molar refractivity (Wildman–Crippen MR) is 124 cm³/mol. The van der Waals surface area contributed by atoms with Gasteiger partial charge in [0.1, 0.15) is 11.4 Å². The van der Waals surface area contributed by atoms with E-state index in [9.17, 15) is 19.7 Å². The Hall–Kier alpha value is -3.52. The number of benzene rings is 3. The molecular weight excluding hydrogens is 488 g/mol. The summed E-state index contributed by atoms with van der Waals surface area (Å²) < 4.78 is 4.50.